The van der Waals surface area contributed by atoms with E-state index in [0.29, 0.717) is 5.69 Å². The number of fused-ring (bicyclic) bond motifs is 1. The average molecular weight is 443 g/mol. The van der Waals surface area contributed by atoms with E-state index in [4.69, 9.17) is 4.98 Å². The van der Waals surface area contributed by atoms with Crippen LogP contribution < -0.4 is 4.90 Å². The van der Waals surface area contributed by atoms with Crippen molar-refractivity contribution in [3.05, 3.63) is 70.5 Å². The fraction of sp³-hybridized carbons (Fsp3) is 0.429. The lowest BCUT2D eigenvalue weighted by molar-refractivity contribution is 0.0740. The molecule has 1 fully saturated rings. The minimum absolute atomic E-state index is 0.0969. The summed E-state index contributed by atoms with van der Waals surface area (Å²) in [6.07, 6.45) is 4.41. The molecular weight excluding hydrogens is 408 g/mol. The third-order valence-corrected chi connectivity index (χ3v) is 7.15. The lowest BCUT2D eigenvalue weighted by Crippen LogP contribution is -2.49. The summed E-state index contributed by atoms with van der Waals surface area (Å²) in [5, 5.41) is 0. The highest BCUT2D eigenvalue weighted by atomic mass is 16.2. The highest BCUT2D eigenvalue weighted by molar-refractivity contribution is 5.94. The van der Waals surface area contributed by atoms with Gasteiger partial charge in [0.05, 0.1) is 5.69 Å². The second kappa shape index (κ2) is 9.05. The molecule has 1 aromatic heterocycles. The van der Waals surface area contributed by atoms with E-state index in [1.807, 2.05) is 4.90 Å². The van der Waals surface area contributed by atoms with E-state index in [9.17, 15) is 4.79 Å². The van der Waals surface area contributed by atoms with Gasteiger partial charge in [0, 0.05) is 44.0 Å². The van der Waals surface area contributed by atoms with Crippen molar-refractivity contribution in [2.24, 2.45) is 0 Å². The van der Waals surface area contributed by atoms with Crippen LogP contribution in [0.3, 0.4) is 0 Å². The van der Waals surface area contributed by atoms with E-state index in [-0.39, 0.29) is 5.91 Å². The Kier molecular flexibility index (Phi) is 5.96. The van der Waals surface area contributed by atoms with Crippen LogP contribution in [0.2, 0.25) is 0 Å². The molecule has 3 aromatic rings. The number of carbonyl (C=O) groups excluding carboxylic acids is 1. The summed E-state index contributed by atoms with van der Waals surface area (Å²) in [5.41, 5.74) is 8.00. The van der Waals surface area contributed by atoms with Crippen LogP contribution in [0.5, 0.6) is 0 Å². The lowest BCUT2D eigenvalue weighted by atomic mass is 10.1. The normalized spacial score (nSPS) is 16.5. The van der Waals surface area contributed by atoms with Gasteiger partial charge < -0.3 is 14.4 Å². The van der Waals surface area contributed by atoms with Crippen molar-refractivity contribution in [3.63, 3.8) is 0 Å². The molecule has 0 saturated carbocycles. The predicted molar refractivity (Wildman–Crippen MR) is 134 cm³/mol. The number of piperazine rings is 1. The molecule has 0 atom stereocenters. The fourth-order valence-electron chi connectivity index (χ4n) is 5.17. The fourth-order valence-corrected chi connectivity index (χ4v) is 5.17. The Morgan fingerprint density at radius 1 is 0.818 bits per heavy atom. The zero-order chi connectivity index (χ0) is 22.9. The summed E-state index contributed by atoms with van der Waals surface area (Å²) in [4.78, 5) is 23.1. The summed E-state index contributed by atoms with van der Waals surface area (Å²) in [5.74, 6) is 1.05. The van der Waals surface area contributed by atoms with Crippen molar-refractivity contribution >= 4 is 11.6 Å². The molecule has 2 aromatic carbocycles. The second-order valence-corrected chi connectivity index (χ2v) is 9.63. The number of anilines is 1. The molecule has 5 heteroatoms. The Morgan fingerprint density at radius 3 is 2.30 bits per heavy atom. The third-order valence-electron chi connectivity index (χ3n) is 7.15. The smallest absolute Gasteiger partial charge is 0.274 e. The molecule has 0 N–H and O–H groups in total. The Bertz CT molecular complexity index is 1150. The number of benzene rings is 2. The zero-order valence-corrected chi connectivity index (χ0v) is 20.1. The van der Waals surface area contributed by atoms with Crippen LogP contribution in [-0.4, -0.2) is 46.5 Å². The van der Waals surface area contributed by atoms with E-state index in [1.54, 1.807) is 0 Å². The van der Waals surface area contributed by atoms with Gasteiger partial charge in [0.25, 0.3) is 5.91 Å². The van der Waals surface area contributed by atoms with Crippen molar-refractivity contribution in [1.82, 2.24) is 14.5 Å². The summed E-state index contributed by atoms with van der Waals surface area (Å²) in [6.45, 7) is 10.5. The van der Waals surface area contributed by atoms with Gasteiger partial charge in [0.15, 0.2) is 0 Å². The summed E-state index contributed by atoms with van der Waals surface area (Å²) in [6, 6.07) is 15.1. The second-order valence-electron chi connectivity index (χ2n) is 9.63. The lowest BCUT2D eigenvalue weighted by Gasteiger charge is -2.36. The van der Waals surface area contributed by atoms with Crippen LogP contribution in [0.25, 0.3) is 11.4 Å². The summed E-state index contributed by atoms with van der Waals surface area (Å²) in [7, 11) is 0. The van der Waals surface area contributed by atoms with E-state index < -0.39 is 0 Å². The number of aryl methyl sites for hydroxylation is 3. The van der Waals surface area contributed by atoms with Crippen molar-refractivity contribution in [3.8, 4) is 11.4 Å². The molecule has 3 heterocycles. The molecule has 2 aliphatic heterocycles. The Morgan fingerprint density at radius 2 is 1.55 bits per heavy atom. The average Bonchev–Trinajstić information content (AvgIpc) is 3.01. The van der Waals surface area contributed by atoms with Gasteiger partial charge in [-0.1, -0.05) is 48.4 Å². The van der Waals surface area contributed by atoms with Crippen LogP contribution in [0, 0.1) is 20.8 Å². The molecule has 172 valence electrons. The molecule has 5 nitrogen and oxygen atoms in total. The van der Waals surface area contributed by atoms with Crippen LogP contribution in [0.15, 0.2) is 42.5 Å². The predicted octanol–water partition coefficient (Wildman–Crippen LogP) is 5.16. The first-order valence-corrected chi connectivity index (χ1v) is 12.3. The summed E-state index contributed by atoms with van der Waals surface area (Å²) >= 11 is 0. The Balaban J connectivity index is 1.40. The highest BCUT2D eigenvalue weighted by Crippen LogP contribution is 2.29. The topological polar surface area (TPSA) is 41.4 Å². The van der Waals surface area contributed by atoms with Gasteiger partial charge in [-0.3, -0.25) is 4.79 Å². The van der Waals surface area contributed by atoms with Crippen LogP contribution in [-0.2, 0) is 13.0 Å². The maximum atomic E-state index is 13.7. The Hall–Kier alpha value is -3.08. The van der Waals surface area contributed by atoms with Crippen LogP contribution in [0.4, 0.5) is 5.69 Å². The summed E-state index contributed by atoms with van der Waals surface area (Å²) < 4.78 is 2.32. The van der Waals surface area contributed by atoms with E-state index in [1.165, 1.54) is 28.8 Å². The molecule has 0 aliphatic carbocycles. The zero-order valence-electron chi connectivity index (χ0n) is 20.1. The van der Waals surface area contributed by atoms with Gasteiger partial charge in [-0.15, -0.1) is 0 Å². The SMILES string of the molecule is Cc1ccc(-c2nc(C(=O)N3CCN(c4cc(C)ccc4C)CC3)c3n2CCCCC3)cc1. The molecule has 0 bridgehead atoms. The standard InChI is InChI=1S/C28H34N4O/c1-20-9-12-23(13-10-20)27-29-26(24-7-5-4-6-14-32(24)27)28(33)31-17-15-30(16-18-31)25-19-21(2)8-11-22(25)3/h8-13,19H,4-7,14-18H2,1-3H3. The quantitative estimate of drug-likeness (QED) is 0.562. The molecule has 1 amide bonds. The van der Waals surface area contributed by atoms with Gasteiger partial charge in [-0.25, -0.2) is 4.98 Å². The number of imidazole rings is 1. The number of hydrogen-bond donors (Lipinski definition) is 0. The minimum atomic E-state index is 0.0969. The van der Waals surface area contributed by atoms with Crippen molar-refractivity contribution < 1.29 is 4.79 Å². The molecule has 0 spiro atoms. The van der Waals surface area contributed by atoms with Gasteiger partial charge in [-0.2, -0.15) is 0 Å². The third kappa shape index (κ3) is 4.29. The van der Waals surface area contributed by atoms with E-state index in [2.05, 4.69) is 72.7 Å². The number of rotatable bonds is 3. The van der Waals surface area contributed by atoms with Crippen molar-refractivity contribution in [2.45, 2.75) is 53.0 Å². The number of hydrogen-bond acceptors (Lipinski definition) is 3. The molecular formula is C28H34N4O. The highest BCUT2D eigenvalue weighted by Gasteiger charge is 2.29. The maximum absolute atomic E-state index is 13.7. The number of nitrogens with zero attached hydrogens (tertiary/aromatic N) is 4. The first-order chi connectivity index (χ1) is 16.0. The van der Waals surface area contributed by atoms with Crippen molar-refractivity contribution in [2.75, 3.05) is 31.1 Å². The Labute approximate surface area is 197 Å². The van der Waals surface area contributed by atoms with Gasteiger partial charge in [-0.05, 0) is 57.2 Å². The number of carbonyl (C=O) groups is 1. The molecule has 5 rings (SSSR count). The molecule has 0 unspecified atom stereocenters. The molecule has 1 saturated heterocycles. The van der Waals surface area contributed by atoms with Gasteiger partial charge >= 0.3 is 0 Å². The maximum Gasteiger partial charge on any atom is 0.274 e. The number of aromatic nitrogens is 2. The van der Waals surface area contributed by atoms with Gasteiger partial charge in [0.1, 0.15) is 11.5 Å². The van der Waals surface area contributed by atoms with E-state index >= 15 is 0 Å². The first-order valence-electron chi connectivity index (χ1n) is 12.3. The molecule has 2 aliphatic rings. The first kappa shape index (κ1) is 21.7. The van der Waals surface area contributed by atoms with Crippen LogP contribution in [0.1, 0.15) is 52.1 Å². The minimum Gasteiger partial charge on any atom is -0.368 e. The van der Waals surface area contributed by atoms with Crippen LogP contribution >= 0.6 is 0 Å². The van der Waals surface area contributed by atoms with Crippen molar-refractivity contribution in [1.29, 1.82) is 0 Å². The monoisotopic (exact) mass is 442 g/mol. The largest absolute Gasteiger partial charge is 0.368 e. The van der Waals surface area contributed by atoms with Gasteiger partial charge in [0.2, 0.25) is 0 Å². The molecule has 33 heavy (non-hydrogen) atoms. The van der Waals surface area contributed by atoms with E-state index in [0.717, 1.165) is 69.1 Å². The number of amides is 1. The molecule has 0 radical (unpaired) electrons.